The largest absolute Gasteiger partial charge is 0.493 e. The lowest BCUT2D eigenvalue weighted by atomic mass is 10.1. The second-order valence-corrected chi connectivity index (χ2v) is 6.35. The molecule has 29 heavy (non-hydrogen) atoms. The second-order valence-electron chi connectivity index (χ2n) is 6.35. The summed E-state index contributed by atoms with van der Waals surface area (Å²) in [4.78, 5) is 35.7. The predicted octanol–water partition coefficient (Wildman–Crippen LogP) is 2.27. The maximum atomic E-state index is 12.3. The highest BCUT2D eigenvalue weighted by molar-refractivity contribution is 5.97. The number of benzene rings is 2. The smallest absolute Gasteiger partial charge is 0.251 e. The summed E-state index contributed by atoms with van der Waals surface area (Å²) in [7, 11) is 2.99. The standard InChI is InChI=1S/C21H25N3O5/c1-13(15-6-5-7-17(10-15)24-14(2)25)23-20(26)12-22-21(27)16-8-9-18(28-3)19(11-16)29-4/h5-11,13H,12H2,1-4H3,(H,22,27)(H,23,26)(H,24,25). The molecule has 0 saturated heterocycles. The Morgan fingerprint density at radius 2 is 1.72 bits per heavy atom. The van der Waals surface area contributed by atoms with Crippen LogP contribution in [-0.4, -0.2) is 38.5 Å². The van der Waals surface area contributed by atoms with E-state index in [4.69, 9.17) is 9.47 Å². The van der Waals surface area contributed by atoms with Crippen molar-refractivity contribution in [2.45, 2.75) is 19.9 Å². The number of hydrogen-bond acceptors (Lipinski definition) is 5. The molecule has 3 N–H and O–H groups in total. The predicted molar refractivity (Wildman–Crippen MR) is 109 cm³/mol. The summed E-state index contributed by atoms with van der Waals surface area (Å²) in [5.74, 6) is 0.0313. The van der Waals surface area contributed by atoms with Gasteiger partial charge in [-0.1, -0.05) is 12.1 Å². The van der Waals surface area contributed by atoms with Gasteiger partial charge in [0.15, 0.2) is 11.5 Å². The lowest BCUT2D eigenvalue weighted by Crippen LogP contribution is -2.38. The lowest BCUT2D eigenvalue weighted by molar-refractivity contribution is -0.120. The molecule has 0 aliphatic heterocycles. The Morgan fingerprint density at radius 1 is 1.00 bits per heavy atom. The van der Waals surface area contributed by atoms with Crippen LogP contribution in [0.25, 0.3) is 0 Å². The average Bonchev–Trinajstić information content (AvgIpc) is 2.71. The minimum Gasteiger partial charge on any atom is -0.493 e. The molecule has 0 aromatic heterocycles. The number of ether oxygens (including phenoxy) is 2. The van der Waals surface area contributed by atoms with Crippen LogP contribution in [0.2, 0.25) is 0 Å². The van der Waals surface area contributed by atoms with Gasteiger partial charge in [-0.15, -0.1) is 0 Å². The van der Waals surface area contributed by atoms with E-state index in [1.807, 2.05) is 13.0 Å². The Kier molecular flexibility index (Phi) is 7.59. The number of rotatable bonds is 8. The molecule has 8 heteroatoms. The highest BCUT2D eigenvalue weighted by Gasteiger charge is 2.14. The summed E-state index contributed by atoms with van der Waals surface area (Å²) in [6.45, 7) is 3.07. The molecule has 154 valence electrons. The van der Waals surface area contributed by atoms with Crippen molar-refractivity contribution < 1.29 is 23.9 Å². The van der Waals surface area contributed by atoms with E-state index in [-0.39, 0.29) is 24.4 Å². The Hall–Kier alpha value is -3.55. The Balaban J connectivity index is 1.92. The van der Waals surface area contributed by atoms with Crippen LogP contribution in [0.1, 0.15) is 35.8 Å². The van der Waals surface area contributed by atoms with Crippen molar-refractivity contribution in [3.05, 3.63) is 53.6 Å². The SMILES string of the molecule is COc1ccc(C(=O)NCC(=O)NC(C)c2cccc(NC(C)=O)c2)cc1OC. The van der Waals surface area contributed by atoms with Crippen molar-refractivity contribution in [2.75, 3.05) is 26.1 Å². The molecule has 0 heterocycles. The molecular weight excluding hydrogens is 374 g/mol. The average molecular weight is 399 g/mol. The van der Waals surface area contributed by atoms with Crippen molar-refractivity contribution in [1.82, 2.24) is 10.6 Å². The van der Waals surface area contributed by atoms with Crippen molar-refractivity contribution in [3.8, 4) is 11.5 Å². The number of hydrogen-bond donors (Lipinski definition) is 3. The minimum atomic E-state index is -0.401. The fourth-order valence-corrected chi connectivity index (χ4v) is 2.70. The first-order valence-electron chi connectivity index (χ1n) is 9.01. The van der Waals surface area contributed by atoms with Gasteiger partial charge in [0.1, 0.15) is 0 Å². The first-order chi connectivity index (χ1) is 13.8. The minimum absolute atomic E-state index is 0.170. The van der Waals surface area contributed by atoms with E-state index >= 15 is 0 Å². The van der Waals surface area contributed by atoms with Crippen molar-refractivity contribution in [1.29, 1.82) is 0 Å². The third-order valence-corrected chi connectivity index (χ3v) is 4.14. The Labute approximate surface area is 169 Å². The van der Waals surface area contributed by atoms with Crippen LogP contribution >= 0.6 is 0 Å². The molecule has 3 amide bonds. The normalized spacial score (nSPS) is 11.2. The maximum Gasteiger partial charge on any atom is 0.251 e. The molecule has 0 aliphatic carbocycles. The maximum absolute atomic E-state index is 12.3. The number of carbonyl (C=O) groups is 3. The van der Waals surface area contributed by atoms with E-state index in [0.29, 0.717) is 22.7 Å². The molecule has 0 radical (unpaired) electrons. The number of nitrogens with one attached hydrogen (secondary N) is 3. The fourth-order valence-electron chi connectivity index (χ4n) is 2.70. The number of amides is 3. The Bertz CT molecular complexity index is 898. The van der Waals surface area contributed by atoms with Gasteiger partial charge in [-0.25, -0.2) is 0 Å². The summed E-state index contributed by atoms with van der Waals surface area (Å²) in [6, 6.07) is 11.7. The molecule has 2 aromatic rings. The van der Waals surface area contributed by atoms with Crippen LogP contribution < -0.4 is 25.4 Å². The molecule has 0 spiro atoms. The van der Waals surface area contributed by atoms with Crippen LogP contribution in [0.3, 0.4) is 0 Å². The van der Waals surface area contributed by atoms with Gasteiger partial charge in [-0.3, -0.25) is 14.4 Å². The van der Waals surface area contributed by atoms with E-state index in [1.165, 1.54) is 21.1 Å². The molecule has 2 rings (SSSR count). The van der Waals surface area contributed by atoms with Gasteiger partial charge in [0, 0.05) is 18.2 Å². The van der Waals surface area contributed by atoms with Crippen molar-refractivity contribution in [3.63, 3.8) is 0 Å². The lowest BCUT2D eigenvalue weighted by Gasteiger charge is -2.16. The van der Waals surface area contributed by atoms with Gasteiger partial charge in [0.05, 0.1) is 26.8 Å². The highest BCUT2D eigenvalue weighted by atomic mass is 16.5. The molecular formula is C21H25N3O5. The zero-order chi connectivity index (χ0) is 21.4. The third-order valence-electron chi connectivity index (χ3n) is 4.14. The third kappa shape index (κ3) is 6.24. The van der Waals surface area contributed by atoms with E-state index in [2.05, 4.69) is 16.0 Å². The molecule has 0 fully saturated rings. The van der Waals surface area contributed by atoms with E-state index in [0.717, 1.165) is 5.56 Å². The topological polar surface area (TPSA) is 106 Å². The quantitative estimate of drug-likeness (QED) is 0.631. The van der Waals surface area contributed by atoms with Gasteiger partial charge in [0.2, 0.25) is 11.8 Å². The zero-order valence-corrected chi connectivity index (χ0v) is 16.9. The molecule has 0 aliphatic rings. The highest BCUT2D eigenvalue weighted by Crippen LogP contribution is 2.27. The molecule has 0 bridgehead atoms. The van der Waals surface area contributed by atoms with E-state index in [9.17, 15) is 14.4 Å². The van der Waals surface area contributed by atoms with Gasteiger partial charge in [0.25, 0.3) is 5.91 Å². The first-order valence-corrected chi connectivity index (χ1v) is 9.01. The number of methoxy groups -OCH3 is 2. The van der Waals surface area contributed by atoms with Gasteiger partial charge in [-0.05, 0) is 42.8 Å². The van der Waals surface area contributed by atoms with Gasteiger partial charge in [-0.2, -0.15) is 0 Å². The summed E-state index contributed by atoms with van der Waals surface area (Å²) in [6.07, 6.45) is 0. The van der Waals surface area contributed by atoms with Crippen LogP contribution in [0.4, 0.5) is 5.69 Å². The van der Waals surface area contributed by atoms with Crippen LogP contribution in [-0.2, 0) is 9.59 Å². The Morgan fingerprint density at radius 3 is 2.38 bits per heavy atom. The number of carbonyl (C=O) groups excluding carboxylic acids is 3. The molecule has 0 saturated carbocycles. The van der Waals surface area contributed by atoms with Gasteiger partial charge < -0.3 is 25.4 Å². The monoisotopic (exact) mass is 399 g/mol. The molecule has 1 unspecified atom stereocenters. The zero-order valence-electron chi connectivity index (χ0n) is 16.9. The van der Waals surface area contributed by atoms with E-state index < -0.39 is 5.91 Å². The second kappa shape index (κ2) is 10.1. The first kappa shape index (κ1) is 21.7. The molecule has 8 nitrogen and oxygen atoms in total. The summed E-state index contributed by atoms with van der Waals surface area (Å²) in [5, 5.41) is 8.09. The molecule has 1 atom stereocenters. The van der Waals surface area contributed by atoms with Crippen LogP contribution in [0.15, 0.2) is 42.5 Å². The summed E-state index contributed by atoms with van der Waals surface area (Å²) >= 11 is 0. The number of anilines is 1. The fraction of sp³-hybridized carbons (Fsp3) is 0.286. The van der Waals surface area contributed by atoms with Crippen molar-refractivity contribution in [2.24, 2.45) is 0 Å². The summed E-state index contributed by atoms with van der Waals surface area (Å²) in [5.41, 5.74) is 1.83. The van der Waals surface area contributed by atoms with E-state index in [1.54, 1.807) is 36.4 Å². The van der Waals surface area contributed by atoms with Crippen LogP contribution in [0, 0.1) is 0 Å². The molecule has 2 aromatic carbocycles. The van der Waals surface area contributed by atoms with Crippen molar-refractivity contribution >= 4 is 23.4 Å². The summed E-state index contributed by atoms with van der Waals surface area (Å²) < 4.78 is 10.3. The van der Waals surface area contributed by atoms with Gasteiger partial charge >= 0.3 is 0 Å². The van der Waals surface area contributed by atoms with Crippen LogP contribution in [0.5, 0.6) is 11.5 Å².